The number of nitriles is 1. The van der Waals surface area contributed by atoms with E-state index < -0.39 is 17.9 Å². The fourth-order valence-electron chi connectivity index (χ4n) is 2.95. The van der Waals surface area contributed by atoms with Gasteiger partial charge in [0.25, 0.3) is 5.91 Å². The van der Waals surface area contributed by atoms with Crippen LogP contribution in [0, 0.1) is 11.3 Å². The van der Waals surface area contributed by atoms with Gasteiger partial charge in [-0.25, -0.2) is 14.4 Å². The van der Waals surface area contributed by atoms with Crippen molar-refractivity contribution in [1.82, 2.24) is 5.32 Å². The number of nitrogens with zero attached hydrogens (tertiary/aromatic N) is 3. The van der Waals surface area contributed by atoms with Crippen LogP contribution in [-0.4, -0.2) is 30.1 Å². The summed E-state index contributed by atoms with van der Waals surface area (Å²) in [5, 5.41) is 11.6. The van der Waals surface area contributed by atoms with Crippen molar-refractivity contribution in [3.05, 3.63) is 89.5 Å². The van der Waals surface area contributed by atoms with E-state index in [2.05, 4.69) is 15.3 Å². The van der Waals surface area contributed by atoms with E-state index in [1.54, 1.807) is 24.3 Å². The lowest BCUT2D eigenvalue weighted by Crippen LogP contribution is -2.44. The molecule has 0 aromatic heterocycles. The third-order valence-corrected chi connectivity index (χ3v) is 4.65. The number of aliphatic imine (C=N–C) groups is 2. The molecule has 0 aliphatic carbocycles. The Kier molecular flexibility index (Phi) is 7.93. The first-order valence-corrected chi connectivity index (χ1v) is 9.90. The molecule has 0 heterocycles. The van der Waals surface area contributed by atoms with Crippen LogP contribution in [0.5, 0.6) is 5.75 Å². The Labute approximate surface area is 194 Å². The van der Waals surface area contributed by atoms with Crippen molar-refractivity contribution < 1.29 is 23.9 Å². The molecule has 0 fully saturated rings. The summed E-state index contributed by atoms with van der Waals surface area (Å²) < 4.78 is 5.41. The van der Waals surface area contributed by atoms with Crippen LogP contribution in [0.15, 0.2) is 82.8 Å². The largest absolute Gasteiger partial charge is 0.425 e. The van der Waals surface area contributed by atoms with E-state index in [1.807, 2.05) is 6.07 Å². The highest BCUT2D eigenvalue weighted by molar-refractivity contribution is 5.97. The quantitative estimate of drug-likeness (QED) is 0.240. The molecule has 1 N–H and O–H groups in total. The van der Waals surface area contributed by atoms with Crippen LogP contribution < -0.4 is 10.1 Å². The van der Waals surface area contributed by atoms with Crippen LogP contribution in [0.2, 0.25) is 0 Å². The summed E-state index contributed by atoms with van der Waals surface area (Å²) in [5.41, 5.74) is 2.09. The summed E-state index contributed by atoms with van der Waals surface area (Å²) in [5.74, 6) is -1.05. The van der Waals surface area contributed by atoms with Crippen molar-refractivity contribution in [2.45, 2.75) is 12.5 Å². The fraction of sp³-hybridized carbons (Fsp3) is 0.0800. The van der Waals surface area contributed by atoms with Crippen LogP contribution in [0.3, 0.4) is 0 Å². The van der Waals surface area contributed by atoms with Crippen LogP contribution in [0.4, 0.5) is 11.4 Å². The molecule has 0 spiro atoms. The standard InChI is InChI=1S/C25H16N4O5/c26-14-18-3-1-17(2-4-18)13-23(25(33)34-22-11-9-21(10-12-22)28-16-31)29-24(32)19-5-7-20(8-6-19)27-15-30/h1-12,23H,13H2,(H,29,32). The van der Waals surface area contributed by atoms with Crippen molar-refractivity contribution in [3.63, 3.8) is 0 Å². The Balaban J connectivity index is 1.80. The number of esters is 1. The van der Waals surface area contributed by atoms with Gasteiger partial charge in [0.1, 0.15) is 11.8 Å². The highest BCUT2D eigenvalue weighted by Crippen LogP contribution is 2.19. The van der Waals surface area contributed by atoms with Gasteiger partial charge in [-0.2, -0.15) is 15.2 Å². The molecule has 0 saturated heterocycles. The number of ether oxygens (including phenoxy) is 1. The molecule has 1 atom stereocenters. The number of amides is 1. The molecule has 0 aliphatic rings. The third-order valence-electron chi connectivity index (χ3n) is 4.65. The lowest BCUT2D eigenvalue weighted by Gasteiger charge is -2.18. The second kappa shape index (κ2) is 11.5. The summed E-state index contributed by atoms with van der Waals surface area (Å²) >= 11 is 0. The zero-order valence-corrected chi connectivity index (χ0v) is 17.6. The third kappa shape index (κ3) is 6.42. The van der Waals surface area contributed by atoms with Crippen molar-refractivity contribution >= 4 is 35.4 Å². The fourth-order valence-corrected chi connectivity index (χ4v) is 2.95. The van der Waals surface area contributed by atoms with Gasteiger partial charge in [0.15, 0.2) is 0 Å². The Morgan fingerprint density at radius 1 is 0.853 bits per heavy atom. The molecule has 0 aliphatic heterocycles. The maximum Gasteiger partial charge on any atom is 0.334 e. The molecule has 1 unspecified atom stereocenters. The smallest absolute Gasteiger partial charge is 0.334 e. The van der Waals surface area contributed by atoms with Gasteiger partial charge in [-0.1, -0.05) is 12.1 Å². The van der Waals surface area contributed by atoms with Gasteiger partial charge in [-0.05, 0) is 66.2 Å². The molecule has 34 heavy (non-hydrogen) atoms. The second-order valence-electron chi connectivity index (χ2n) is 6.91. The predicted molar refractivity (Wildman–Crippen MR) is 120 cm³/mol. The highest BCUT2D eigenvalue weighted by atomic mass is 16.5. The molecule has 3 aromatic rings. The van der Waals surface area contributed by atoms with E-state index >= 15 is 0 Å². The number of carbonyl (C=O) groups is 2. The van der Waals surface area contributed by atoms with Crippen LogP contribution >= 0.6 is 0 Å². The lowest BCUT2D eigenvalue weighted by atomic mass is 10.0. The Hall–Kier alpha value is -5.15. The van der Waals surface area contributed by atoms with E-state index in [9.17, 15) is 19.2 Å². The van der Waals surface area contributed by atoms with Crippen LogP contribution in [0.1, 0.15) is 21.5 Å². The topological polar surface area (TPSA) is 138 Å². The number of rotatable bonds is 8. The zero-order valence-electron chi connectivity index (χ0n) is 17.6. The van der Waals surface area contributed by atoms with Crippen molar-refractivity contribution in [2.75, 3.05) is 0 Å². The van der Waals surface area contributed by atoms with Gasteiger partial charge < -0.3 is 10.1 Å². The minimum atomic E-state index is -1.05. The minimum Gasteiger partial charge on any atom is -0.425 e. The summed E-state index contributed by atoms with van der Waals surface area (Å²) in [6, 6.07) is 19.3. The molecule has 3 aromatic carbocycles. The maximum absolute atomic E-state index is 12.9. The van der Waals surface area contributed by atoms with Gasteiger partial charge in [-0.15, -0.1) is 0 Å². The Morgan fingerprint density at radius 3 is 1.94 bits per heavy atom. The molecular weight excluding hydrogens is 436 g/mol. The van der Waals surface area contributed by atoms with E-state index in [0.29, 0.717) is 22.5 Å². The molecule has 9 heteroatoms. The summed E-state index contributed by atoms with van der Waals surface area (Å²) in [6.45, 7) is 0. The first-order chi connectivity index (χ1) is 16.5. The summed E-state index contributed by atoms with van der Waals surface area (Å²) in [6.07, 6.45) is 2.95. The SMILES string of the molecule is N#Cc1ccc(CC(NC(=O)c2ccc(N=C=O)cc2)C(=O)Oc2ccc(N=C=O)cc2)cc1. The number of isocyanates is 2. The second-order valence-corrected chi connectivity index (χ2v) is 6.91. The molecule has 0 radical (unpaired) electrons. The van der Waals surface area contributed by atoms with Crippen molar-refractivity contribution in [3.8, 4) is 11.8 Å². The maximum atomic E-state index is 12.9. The molecule has 166 valence electrons. The average molecular weight is 452 g/mol. The minimum absolute atomic E-state index is 0.108. The van der Waals surface area contributed by atoms with Crippen LogP contribution in [0.25, 0.3) is 0 Å². The number of hydrogen-bond donors (Lipinski definition) is 1. The van der Waals surface area contributed by atoms with E-state index in [4.69, 9.17) is 10.00 Å². The molecule has 3 rings (SSSR count). The van der Waals surface area contributed by atoms with Gasteiger partial charge in [0.2, 0.25) is 12.2 Å². The predicted octanol–water partition coefficient (Wildman–Crippen LogP) is 3.44. The van der Waals surface area contributed by atoms with Gasteiger partial charge in [-0.3, -0.25) is 4.79 Å². The number of hydrogen-bond acceptors (Lipinski definition) is 8. The van der Waals surface area contributed by atoms with E-state index in [0.717, 1.165) is 0 Å². The van der Waals surface area contributed by atoms with Gasteiger partial charge in [0.05, 0.1) is 23.0 Å². The first-order valence-electron chi connectivity index (χ1n) is 9.90. The summed E-state index contributed by atoms with van der Waals surface area (Å²) in [4.78, 5) is 53.4. The van der Waals surface area contributed by atoms with Crippen LogP contribution in [-0.2, 0) is 20.8 Å². The highest BCUT2D eigenvalue weighted by Gasteiger charge is 2.24. The monoisotopic (exact) mass is 452 g/mol. The van der Waals surface area contributed by atoms with Gasteiger partial charge in [0, 0.05) is 12.0 Å². The van der Waals surface area contributed by atoms with Crippen molar-refractivity contribution in [1.29, 1.82) is 5.26 Å². The number of nitrogens with one attached hydrogen (secondary N) is 1. The molecule has 0 bridgehead atoms. The molecule has 9 nitrogen and oxygen atoms in total. The number of carbonyl (C=O) groups excluding carboxylic acids is 4. The Bertz CT molecular complexity index is 1310. The summed E-state index contributed by atoms with van der Waals surface area (Å²) in [7, 11) is 0. The lowest BCUT2D eigenvalue weighted by molar-refractivity contribution is -0.136. The molecule has 0 saturated carbocycles. The van der Waals surface area contributed by atoms with E-state index in [1.165, 1.54) is 60.7 Å². The van der Waals surface area contributed by atoms with Gasteiger partial charge >= 0.3 is 5.97 Å². The first kappa shape index (κ1) is 23.5. The molecular formula is C25H16N4O5. The van der Waals surface area contributed by atoms with E-state index in [-0.39, 0.29) is 17.7 Å². The Morgan fingerprint density at radius 2 is 1.41 bits per heavy atom. The average Bonchev–Trinajstić information content (AvgIpc) is 2.86. The van der Waals surface area contributed by atoms with Crippen molar-refractivity contribution in [2.24, 2.45) is 9.98 Å². The molecule has 1 amide bonds. The zero-order chi connectivity index (χ0) is 24.3. The number of benzene rings is 3. The normalized spacial score (nSPS) is 10.6.